The maximum atomic E-state index is 12.1. The number of carbonyl (C=O) groups is 1. The van der Waals surface area contributed by atoms with Gasteiger partial charge in [0.2, 0.25) is 5.91 Å². The summed E-state index contributed by atoms with van der Waals surface area (Å²) in [6.45, 7) is 4.80. The van der Waals surface area contributed by atoms with Crippen molar-refractivity contribution in [3.05, 3.63) is 34.0 Å². The number of H-pyrrole nitrogens is 1. The minimum atomic E-state index is 0.0835. The standard InChI is InChI=1S/C15H21N5OS/c1-11-17-15(19-18-11)12-4-2-6-20(9-12)10-14(21)16-8-13-5-3-7-22-13/h3,5,7,12H,2,4,6,8-10H2,1H3,(H,16,21)(H,17,18,19)/t12-/m0/s1. The molecule has 1 aliphatic heterocycles. The van der Waals surface area contributed by atoms with Crippen LogP contribution in [-0.4, -0.2) is 45.6 Å². The first-order chi connectivity index (χ1) is 10.7. The Kier molecular flexibility index (Phi) is 4.84. The second kappa shape index (κ2) is 7.02. The van der Waals surface area contributed by atoms with Crippen LogP contribution in [-0.2, 0) is 11.3 Å². The van der Waals surface area contributed by atoms with Crippen LogP contribution in [0.3, 0.4) is 0 Å². The number of rotatable bonds is 5. The quantitative estimate of drug-likeness (QED) is 0.879. The summed E-state index contributed by atoms with van der Waals surface area (Å²) in [6.07, 6.45) is 2.17. The van der Waals surface area contributed by atoms with Crippen LogP contribution < -0.4 is 5.32 Å². The zero-order valence-electron chi connectivity index (χ0n) is 12.7. The molecule has 2 N–H and O–H groups in total. The number of aryl methyl sites for hydroxylation is 1. The molecule has 1 saturated heterocycles. The van der Waals surface area contributed by atoms with Crippen molar-refractivity contribution in [2.45, 2.75) is 32.2 Å². The van der Waals surface area contributed by atoms with Crippen molar-refractivity contribution >= 4 is 17.2 Å². The summed E-state index contributed by atoms with van der Waals surface area (Å²) in [7, 11) is 0. The molecule has 3 heterocycles. The van der Waals surface area contributed by atoms with Gasteiger partial charge in [-0.05, 0) is 37.8 Å². The molecule has 0 unspecified atom stereocenters. The summed E-state index contributed by atoms with van der Waals surface area (Å²) in [6, 6.07) is 4.04. The van der Waals surface area contributed by atoms with Gasteiger partial charge in [-0.3, -0.25) is 14.8 Å². The average Bonchev–Trinajstić information content (AvgIpc) is 3.17. The molecule has 3 rings (SSSR count). The minimum absolute atomic E-state index is 0.0835. The summed E-state index contributed by atoms with van der Waals surface area (Å²) in [5.74, 6) is 2.13. The Labute approximate surface area is 133 Å². The molecule has 0 saturated carbocycles. The number of carbonyl (C=O) groups excluding carboxylic acids is 1. The van der Waals surface area contributed by atoms with Crippen molar-refractivity contribution in [1.82, 2.24) is 25.4 Å². The Bertz CT molecular complexity index is 609. The lowest BCUT2D eigenvalue weighted by atomic mass is 9.97. The third-order valence-electron chi connectivity index (χ3n) is 3.89. The number of thiophene rings is 1. The fraction of sp³-hybridized carbons (Fsp3) is 0.533. The monoisotopic (exact) mass is 319 g/mol. The summed E-state index contributed by atoms with van der Waals surface area (Å²) in [5.41, 5.74) is 0. The van der Waals surface area contributed by atoms with Gasteiger partial charge in [0.05, 0.1) is 13.1 Å². The molecule has 0 aromatic carbocycles. The van der Waals surface area contributed by atoms with E-state index in [1.807, 2.05) is 24.4 Å². The number of amides is 1. The molecule has 1 amide bonds. The van der Waals surface area contributed by atoms with Gasteiger partial charge in [-0.1, -0.05) is 6.07 Å². The molecule has 22 heavy (non-hydrogen) atoms. The molecule has 118 valence electrons. The van der Waals surface area contributed by atoms with Gasteiger partial charge in [0, 0.05) is 17.3 Å². The van der Waals surface area contributed by atoms with Crippen LogP contribution in [0.15, 0.2) is 17.5 Å². The SMILES string of the molecule is Cc1nc([C@H]2CCCN(CC(=O)NCc3cccs3)C2)n[nH]1. The second-order valence-electron chi connectivity index (χ2n) is 5.71. The van der Waals surface area contributed by atoms with Gasteiger partial charge in [0.25, 0.3) is 0 Å². The van der Waals surface area contributed by atoms with E-state index in [0.717, 1.165) is 37.6 Å². The van der Waals surface area contributed by atoms with Crippen LogP contribution in [0.1, 0.15) is 35.3 Å². The lowest BCUT2D eigenvalue weighted by Gasteiger charge is -2.30. The van der Waals surface area contributed by atoms with Crippen molar-refractivity contribution in [2.24, 2.45) is 0 Å². The molecule has 1 atom stereocenters. The number of hydrogen-bond donors (Lipinski definition) is 2. The van der Waals surface area contributed by atoms with Crippen LogP contribution in [0.25, 0.3) is 0 Å². The first-order valence-corrected chi connectivity index (χ1v) is 8.49. The molecule has 0 radical (unpaired) electrons. The molecule has 1 fully saturated rings. The van der Waals surface area contributed by atoms with Crippen molar-refractivity contribution in [2.75, 3.05) is 19.6 Å². The van der Waals surface area contributed by atoms with Gasteiger partial charge in [-0.15, -0.1) is 11.3 Å². The highest BCUT2D eigenvalue weighted by Crippen LogP contribution is 2.24. The van der Waals surface area contributed by atoms with Gasteiger partial charge in [-0.2, -0.15) is 5.10 Å². The van der Waals surface area contributed by atoms with Crippen LogP contribution in [0.2, 0.25) is 0 Å². The van der Waals surface area contributed by atoms with Crippen molar-refractivity contribution in [3.63, 3.8) is 0 Å². The minimum Gasteiger partial charge on any atom is -0.350 e. The molecular formula is C15H21N5OS. The number of hydrogen-bond acceptors (Lipinski definition) is 5. The van der Waals surface area contributed by atoms with Gasteiger partial charge < -0.3 is 5.32 Å². The van der Waals surface area contributed by atoms with Crippen molar-refractivity contribution in [1.29, 1.82) is 0 Å². The molecule has 0 spiro atoms. The Balaban J connectivity index is 1.48. The van der Waals surface area contributed by atoms with Gasteiger partial charge in [0.15, 0.2) is 5.82 Å². The maximum Gasteiger partial charge on any atom is 0.234 e. The van der Waals surface area contributed by atoms with Crippen LogP contribution in [0.5, 0.6) is 0 Å². The molecule has 0 aliphatic carbocycles. The summed E-state index contributed by atoms with van der Waals surface area (Å²) < 4.78 is 0. The molecular weight excluding hydrogens is 298 g/mol. The zero-order chi connectivity index (χ0) is 15.4. The van der Waals surface area contributed by atoms with Gasteiger partial charge in [0.1, 0.15) is 5.82 Å². The smallest absolute Gasteiger partial charge is 0.234 e. The third kappa shape index (κ3) is 3.92. The highest BCUT2D eigenvalue weighted by molar-refractivity contribution is 7.09. The number of likely N-dealkylation sites (tertiary alicyclic amines) is 1. The van der Waals surface area contributed by atoms with E-state index in [4.69, 9.17) is 0 Å². The number of aromatic nitrogens is 3. The van der Waals surface area contributed by atoms with E-state index in [1.165, 1.54) is 4.88 Å². The fourth-order valence-corrected chi connectivity index (χ4v) is 3.45. The highest BCUT2D eigenvalue weighted by atomic mass is 32.1. The Morgan fingerprint density at radius 1 is 1.59 bits per heavy atom. The number of aromatic amines is 1. The molecule has 2 aromatic rings. The number of piperidine rings is 1. The Hall–Kier alpha value is -1.73. The van der Waals surface area contributed by atoms with E-state index in [9.17, 15) is 4.79 Å². The number of nitrogens with zero attached hydrogens (tertiary/aromatic N) is 3. The Morgan fingerprint density at radius 2 is 2.50 bits per heavy atom. The average molecular weight is 319 g/mol. The van der Waals surface area contributed by atoms with E-state index in [-0.39, 0.29) is 5.91 Å². The molecule has 1 aliphatic rings. The summed E-state index contributed by atoms with van der Waals surface area (Å²) >= 11 is 1.66. The van der Waals surface area contributed by atoms with Gasteiger partial charge in [-0.25, -0.2) is 4.98 Å². The summed E-state index contributed by atoms with van der Waals surface area (Å²) in [5, 5.41) is 12.2. The topological polar surface area (TPSA) is 73.9 Å². The molecule has 7 heteroatoms. The van der Waals surface area contributed by atoms with Crippen LogP contribution in [0.4, 0.5) is 0 Å². The van der Waals surface area contributed by atoms with E-state index < -0.39 is 0 Å². The van der Waals surface area contributed by atoms with E-state index in [2.05, 4.69) is 25.4 Å². The molecule has 2 aromatic heterocycles. The highest BCUT2D eigenvalue weighted by Gasteiger charge is 2.25. The number of nitrogens with one attached hydrogen (secondary N) is 2. The van der Waals surface area contributed by atoms with Crippen molar-refractivity contribution < 1.29 is 4.79 Å². The maximum absolute atomic E-state index is 12.1. The zero-order valence-corrected chi connectivity index (χ0v) is 13.5. The van der Waals surface area contributed by atoms with Crippen molar-refractivity contribution in [3.8, 4) is 0 Å². The van der Waals surface area contributed by atoms with E-state index in [0.29, 0.717) is 19.0 Å². The fourth-order valence-electron chi connectivity index (χ4n) is 2.81. The normalized spacial score (nSPS) is 19.2. The van der Waals surface area contributed by atoms with Crippen LogP contribution >= 0.6 is 11.3 Å². The van der Waals surface area contributed by atoms with E-state index in [1.54, 1.807) is 11.3 Å². The summed E-state index contributed by atoms with van der Waals surface area (Å²) in [4.78, 5) is 19.9. The third-order valence-corrected chi connectivity index (χ3v) is 4.77. The first-order valence-electron chi connectivity index (χ1n) is 7.61. The lowest BCUT2D eigenvalue weighted by molar-refractivity contribution is -0.122. The molecule has 0 bridgehead atoms. The predicted octanol–water partition coefficient (Wildman–Crippen LogP) is 1.67. The first kappa shape index (κ1) is 15.2. The molecule has 6 nitrogen and oxygen atoms in total. The van der Waals surface area contributed by atoms with E-state index >= 15 is 0 Å². The lowest BCUT2D eigenvalue weighted by Crippen LogP contribution is -2.42. The largest absolute Gasteiger partial charge is 0.350 e. The van der Waals surface area contributed by atoms with Crippen LogP contribution in [0, 0.1) is 6.92 Å². The Morgan fingerprint density at radius 3 is 3.23 bits per heavy atom. The second-order valence-corrected chi connectivity index (χ2v) is 6.74. The predicted molar refractivity (Wildman–Crippen MR) is 85.7 cm³/mol. The van der Waals surface area contributed by atoms with Gasteiger partial charge >= 0.3 is 0 Å².